The molecule has 1 aromatic carbocycles. The van der Waals surface area contributed by atoms with Gasteiger partial charge >= 0.3 is 11.9 Å². The molecule has 1 aromatic rings. The van der Waals surface area contributed by atoms with Gasteiger partial charge in [-0.15, -0.1) is 0 Å². The van der Waals surface area contributed by atoms with E-state index in [-0.39, 0.29) is 12.5 Å². The summed E-state index contributed by atoms with van der Waals surface area (Å²) in [6.07, 6.45) is -0.485. The van der Waals surface area contributed by atoms with E-state index in [2.05, 4.69) is 9.73 Å². The van der Waals surface area contributed by atoms with Crippen molar-refractivity contribution in [2.24, 2.45) is 4.99 Å². The molecule has 0 amide bonds. The maximum atomic E-state index is 11.7. The van der Waals surface area contributed by atoms with Crippen LogP contribution in [0.25, 0.3) is 0 Å². The second-order valence-electron chi connectivity index (χ2n) is 4.07. The molecule has 0 saturated heterocycles. The lowest BCUT2D eigenvalue weighted by Gasteiger charge is -2.01. The van der Waals surface area contributed by atoms with Crippen molar-refractivity contribution in [3.8, 4) is 0 Å². The lowest BCUT2D eigenvalue weighted by molar-refractivity contribution is -0.145. The number of carbonyl (C=O) groups is 3. The Hall–Kier alpha value is -2.50. The Kier molecular flexibility index (Phi) is 4.24. The quantitative estimate of drug-likeness (QED) is 0.595. The van der Waals surface area contributed by atoms with Gasteiger partial charge in [0.15, 0.2) is 6.04 Å². The fourth-order valence-corrected chi connectivity index (χ4v) is 1.74. The van der Waals surface area contributed by atoms with Crippen molar-refractivity contribution in [3.63, 3.8) is 0 Å². The van der Waals surface area contributed by atoms with Gasteiger partial charge in [0.25, 0.3) is 5.90 Å². The zero-order valence-electron chi connectivity index (χ0n) is 10.9. The first-order chi connectivity index (χ1) is 9.61. The maximum absolute atomic E-state index is 11.7. The van der Waals surface area contributed by atoms with Crippen LogP contribution in [-0.4, -0.2) is 30.2 Å². The van der Waals surface area contributed by atoms with Crippen molar-refractivity contribution in [1.82, 2.24) is 0 Å². The lowest BCUT2D eigenvalue weighted by atomic mass is 10.1. The number of aliphatic imine (C=N–C) groups is 1. The second-order valence-corrected chi connectivity index (χ2v) is 4.07. The molecular formula is C14H13NO5. The normalized spacial score (nSPS) is 17.4. The summed E-state index contributed by atoms with van der Waals surface area (Å²) < 4.78 is 9.48. The molecule has 0 radical (unpaired) electrons. The zero-order valence-corrected chi connectivity index (χ0v) is 10.9. The van der Waals surface area contributed by atoms with Crippen LogP contribution in [0.3, 0.4) is 0 Å². The molecule has 0 unspecified atom stereocenters. The average molecular weight is 275 g/mol. The molecule has 1 heterocycles. The van der Waals surface area contributed by atoms with Crippen molar-refractivity contribution in [2.75, 3.05) is 6.61 Å². The summed E-state index contributed by atoms with van der Waals surface area (Å²) in [6, 6.07) is 7.91. The molecule has 20 heavy (non-hydrogen) atoms. The van der Waals surface area contributed by atoms with Gasteiger partial charge < -0.3 is 9.47 Å². The molecule has 0 aromatic heterocycles. The Morgan fingerprint density at radius 1 is 1.30 bits per heavy atom. The number of Topliss-reactive ketones (excluding diaryl/α,β-unsaturated/α-hetero) is 1. The van der Waals surface area contributed by atoms with Crippen LogP contribution in [0.2, 0.25) is 0 Å². The standard InChI is InChI=1S/C14H13NO5/c1-2-19-11(17)8-10(16)13-15-12(14(18)20-13)9-6-4-3-5-7-9/h3-7,12H,2,8H2,1H3/t12-/m0/s1. The fourth-order valence-electron chi connectivity index (χ4n) is 1.74. The first-order valence-corrected chi connectivity index (χ1v) is 6.15. The van der Waals surface area contributed by atoms with E-state index in [1.807, 2.05) is 0 Å². The van der Waals surface area contributed by atoms with Crippen molar-refractivity contribution < 1.29 is 23.9 Å². The first kappa shape index (κ1) is 13.9. The van der Waals surface area contributed by atoms with Crippen molar-refractivity contribution in [2.45, 2.75) is 19.4 Å². The number of carbonyl (C=O) groups excluding carboxylic acids is 3. The smallest absolute Gasteiger partial charge is 0.342 e. The molecule has 1 aliphatic rings. The summed E-state index contributed by atoms with van der Waals surface area (Å²) in [4.78, 5) is 38.6. The largest absolute Gasteiger partial charge is 0.466 e. The van der Waals surface area contributed by atoms with Crippen LogP contribution in [0.5, 0.6) is 0 Å². The van der Waals surface area contributed by atoms with Crippen molar-refractivity contribution in [1.29, 1.82) is 0 Å². The molecule has 1 atom stereocenters. The van der Waals surface area contributed by atoms with Crippen LogP contribution in [0.4, 0.5) is 0 Å². The van der Waals surface area contributed by atoms with E-state index in [4.69, 9.17) is 4.74 Å². The highest BCUT2D eigenvalue weighted by molar-refractivity contribution is 6.41. The van der Waals surface area contributed by atoms with Gasteiger partial charge in [0.1, 0.15) is 6.42 Å². The van der Waals surface area contributed by atoms with Gasteiger partial charge in [0, 0.05) is 0 Å². The van der Waals surface area contributed by atoms with Crippen LogP contribution < -0.4 is 0 Å². The summed E-state index contributed by atoms with van der Waals surface area (Å²) in [5.41, 5.74) is 0.636. The number of nitrogens with zero attached hydrogens (tertiary/aromatic N) is 1. The Bertz CT molecular complexity index is 564. The first-order valence-electron chi connectivity index (χ1n) is 6.15. The second kappa shape index (κ2) is 6.10. The van der Waals surface area contributed by atoms with Gasteiger partial charge in [0.05, 0.1) is 6.61 Å². The minimum atomic E-state index is -0.850. The van der Waals surface area contributed by atoms with E-state index >= 15 is 0 Å². The Morgan fingerprint density at radius 2 is 2.00 bits per heavy atom. The number of ether oxygens (including phenoxy) is 2. The molecule has 0 bridgehead atoms. The Labute approximate surface area is 115 Å². The molecule has 0 saturated carbocycles. The molecule has 2 rings (SSSR count). The van der Waals surface area contributed by atoms with Crippen molar-refractivity contribution >= 4 is 23.6 Å². The molecule has 0 aliphatic carbocycles. The third kappa shape index (κ3) is 3.09. The maximum Gasteiger partial charge on any atom is 0.342 e. The summed E-state index contributed by atoms with van der Waals surface area (Å²) in [7, 11) is 0. The monoisotopic (exact) mass is 275 g/mol. The van der Waals surface area contributed by atoms with Gasteiger partial charge in [-0.2, -0.15) is 0 Å². The zero-order chi connectivity index (χ0) is 14.5. The van der Waals surface area contributed by atoms with Crippen LogP contribution in [0.15, 0.2) is 35.3 Å². The predicted molar refractivity (Wildman–Crippen MR) is 69.0 cm³/mol. The van der Waals surface area contributed by atoms with E-state index < -0.39 is 30.2 Å². The lowest BCUT2D eigenvalue weighted by Crippen LogP contribution is -2.20. The molecule has 0 spiro atoms. The molecule has 6 heteroatoms. The van der Waals surface area contributed by atoms with Gasteiger partial charge in [-0.05, 0) is 12.5 Å². The highest BCUT2D eigenvalue weighted by atomic mass is 16.6. The van der Waals surface area contributed by atoms with Crippen LogP contribution in [0.1, 0.15) is 24.9 Å². The van der Waals surface area contributed by atoms with Gasteiger partial charge in [-0.1, -0.05) is 30.3 Å². The number of ketones is 1. The minimum absolute atomic E-state index is 0.186. The number of benzene rings is 1. The molecule has 1 aliphatic heterocycles. The van der Waals surface area contributed by atoms with E-state index in [1.165, 1.54) is 0 Å². The number of cyclic esters (lactones) is 1. The number of hydrogen-bond donors (Lipinski definition) is 0. The van der Waals surface area contributed by atoms with Gasteiger partial charge in [-0.3, -0.25) is 9.59 Å². The highest BCUT2D eigenvalue weighted by Gasteiger charge is 2.34. The summed E-state index contributed by atoms with van der Waals surface area (Å²) in [6.45, 7) is 1.83. The van der Waals surface area contributed by atoms with Gasteiger partial charge in [-0.25, -0.2) is 9.79 Å². The predicted octanol–water partition coefficient (Wildman–Crippen LogP) is 1.21. The molecule has 104 valence electrons. The van der Waals surface area contributed by atoms with E-state index in [0.29, 0.717) is 5.56 Å². The van der Waals surface area contributed by atoms with Gasteiger partial charge in [0.2, 0.25) is 5.78 Å². The minimum Gasteiger partial charge on any atom is -0.466 e. The SMILES string of the molecule is CCOC(=O)CC(=O)C1=N[C@@H](c2ccccc2)C(=O)O1. The number of rotatable bonds is 5. The van der Waals surface area contributed by atoms with E-state index in [0.717, 1.165) is 0 Å². The molecule has 6 nitrogen and oxygen atoms in total. The summed E-state index contributed by atoms with van der Waals surface area (Å²) in [5, 5.41) is 0. The molecule has 0 N–H and O–H groups in total. The summed E-state index contributed by atoms with van der Waals surface area (Å²) >= 11 is 0. The molecule has 0 fully saturated rings. The van der Waals surface area contributed by atoms with Crippen LogP contribution in [0, 0.1) is 0 Å². The Morgan fingerprint density at radius 3 is 2.65 bits per heavy atom. The number of hydrogen-bond acceptors (Lipinski definition) is 6. The fraction of sp³-hybridized carbons (Fsp3) is 0.286. The van der Waals surface area contributed by atoms with E-state index in [9.17, 15) is 14.4 Å². The topological polar surface area (TPSA) is 82.0 Å². The third-order valence-corrected chi connectivity index (χ3v) is 2.63. The average Bonchev–Trinajstić information content (AvgIpc) is 2.82. The summed E-state index contributed by atoms with van der Waals surface area (Å²) in [5.74, 6) is -2.28. The van der Waals surface area contributed by atoms with Crippen molar-refractivity contribution in [3.05, 3.63) is 35.9 Å². The Balaban J connectivity index is 2.09. The van der Waals surface area contributed by atoms with Crippen LogP contribution in [-0.2, 0) is 23.9 Å². The van der Waals surface area contributed by atoms with E-state index in [1.54, 1.807) is 37.3 Å². The third-order valence-electron chi connectivity index (χ3n) is 2.63. The molecular weight excluding hydrogens is 262 g/mol. The highest BCUT2D eigenvalue weighted by Crippen LogP contribution is 2.24. The number of esters is 2. The van der Waals surface area contributed by atoms with Crippen LogP contribution >= 0.6 is 0 Å².